The first-order valence-corrected chi connectivity index (χ1v) is 11.9. The Bertz CT molecular complexity index is 1130. The molecule has 1 amide bonds. The number of aromatic hydroxyl groups is 2. The highest BCUT2D eigenvalue weighted by atomic mass is 32.1. The fraction of sp³-hybridized carbons (Fsp3) is 0.417. The number of benzene rings is 1. The molecule has 0 aliphatic carbocycles. The Labute approximate surface area is 196 Å². The second-order valence-corrected chi connectivity index (χ2v) is 9.50. The summed E-state index contributed by atoms with van der Waals surface area (Å²) in [5, 5.41) is 27.7. The van der Waals surface area contributed by atoms with Gasteiger partial charge in [-0.3, -0.25) is 9.69 Å². The molecule has 4 rings (SSSR count). The Kier molecular flexibility index (Phi) is 7.02. The maximum absolute atomic E-state index is 12.8. The van der Waals surface area contributed by atoms with Gasteiger partial charge in [-0.05, 0) is 36.6 Å². The molecule has 3 N–H and O–H groups in total. The zero-order valence-corrected chi connectivity index (χ0v) is 19.9. The summed E-state index contributed by atoms with van der Waals surface area (Å²) in [4.78, 5) is 17.1. The SMILES string of the molecule is CCNC(=O)c1noc(-c2cc(C(C)C)c(O)cc2O)c1-c1ccc(CN2CCOCC2)s1. The number of carbonyl (C=O) groups is 1. The lowest BCUT2D eigenvalue weighted by Gasteiger charge is -2.25. The summed E-state index contributed by atoms with van der Waals surface area (Å²) in [6, 6.07) is 7.01. The van der Waals surface area contributed by atoms with Gasteiger partial charge in [-0.2, -0.15) is 0 Å². The number of hydrogen-bond donors (Lipinski definition) is 3. The molecule has 1 aliphatic rings. The molecular formula is C24H29N3O5S. The lowest BCUT2D eigenvalue weighted by Crippen LogP contribution is -2.35. The average molecular weight is 472 g/mol. The van der Waals surface area contributed by atoms with Gasteiger partial charge in [-0.1, -0.05) is 19.0 Å². The Morgan fingerprint density at radius 2 is 1.97 bits per heavy atom. The first-order chi connectivity index (χ1) is 15.9. The highest BCUT2D eigenvalue weighted by Gasteiger charge is 2.28. The standard InChI is InChI=1S/C24H29N3O5S/c1-4-25-24(30)22-21(20-6-5-15(33-20)13-27-7-9-31-10-8-27)23(32-26-22)17-11-16(14(2)3)18(28)12-19(17)29/h5-6,11-12,14,28-29H,4,7-10,13H2,1-3H3,(H,25,30). The van der Waals surface area contributed by atoms with E-state index in [0.717, 1.165) is 42.6 Å². The third-order valence-corrected chi connectivity index (χ3v) is 6.73. The zero-order chi connectivity index (χ0) is 23.5. The third-order valence-electron chi connectivity index (χ3n) is 5.65. The molecule has 0 unspecified atom stereocenters. The molecule has 0 atom stereocenters. The molecule has 1 aromatic carbocycles. The van der Waals surface area contributed by atoms with E-state index in [1.165, 1.54) is 6.07 Å². The number of ether oxygens (including phenoxy) is 1. The van der Waals surface area contributed by atoms with Crippen molar-refractivity contribution in [3.05, 3.63) is 40.4 Å². The Hall–Kier alpha value is -2.88. The van der Waals surface area contributed by atoms with Crippen molar-refractivity contribution in [3.63, 3.8) is 0 Å². The summed E-state index contributed by atoms with van der Waals surface area (Å²) in [5.74, 6) is -0.133. The van der Waals surface area contributed by atoms with Crippen molar-refractivity contribution in [2.75, 3.05) is 32.8 Å². The third kappa shape index (κ3) is 4.90. The van der Waals surface area contributed by atoms with E-state index in [9.17, 15) is 15.0 Å². The van der Waals surface area contributed by atoms with Crippen LogP contribution in [0.25, 0.3) is 21.8 Å². The maximum Gasteiger partial charge on any atom is 0.274 e. The number of thiophene rings is 1. The van der Waals surface area contributed by atoms with Crippen LogP contribution < -0.4 is 5.32 Å². The molecule has 1 fully saturated rings. The number of morpholine rings is 1. The molecule has 2 aromatic heterocycles. The predicted molar refractivity (Wildman–Crippen MR) is 127 cm³/mol. The molecule has 33 heavy (non-hydrogen) atoms. The first kappa shape index (κ1) is 23.3. The van der Waals surface area contributed by atoms with Crippen molar-refractivity contribution in [2.24, 2.45) is 0 Å². The molecule has 8 nitrogen and oxygen atoms in total. The molecule has 0 radical (unpaired) electrons. The number of nitrogens with zero attached hydrogens (tertiary/aromatic N) is 2. The van der Waals surface area contributed by atoms with E-state index < -0.39 is 0 Å². The number of nitrogens with one attached hydrogen (secondary N) is 1. The Morgan fingerprint density at radius 1 is 1.21 bits per heavy atom. The van der Waals surface area contributed by atoms with E-state index in [-0.39, 0.29) is 29.0 Å². The number of amides is 1. The molecule has 0 spiro atoms. The fourth-order valence-electron chi connectivity index (χ4n) is 3.92. The molecule has 3 aromatic rings. The first-order valence-electron chi connectivity index (χ1n) is 11.1. The van der Waals surface area contributed by atoms with Gasteiger partial charge in [0, 0.05) is 42.0 Å². The van der Waals surface area contributed by atoms with E-state index in [2.05, 4.69) is 15.4 Å². The van der Waals surface area contributed by atoms with E-state index in [4.69, 9.17) is 9.26 Å². The molecular weight excluding hydrogens is 442 g/mol. The van der Waals surface area contributed by atoms with Crippen LogP contribution >= 0.6 is 11.3 Å². The smallest absolute Gasteiger partial charge is 0.274 e. The molecule has 1 saturated heterocycles. The van der Waals surface area contributed by atoms with Crippen molar-refractivity contribution in [1.82, 2.24) is 15.4 Å². The molecule has 9 heteroatoms. The summed E-state index contributed by atoms with van der Waals surface area (Å²) >= 11 is 1.57. The van der Waals surface area contributed by atoms with Crippen molar-refractivity contribution < 1.29 is 24.3 Å². The summed E-state index contributed by atoms with van der Waals surface area (Å²) < 4.78 is 11.1. The zero-order valence-electron chi connectivity index (χ0n) is 19.1. The van der Waals surface area contributed by atoms with Crippen molar-refractivity contribution in [1.29, 1.82) is 0 Å². The van der Waals surface area contributed by atoms with Crippen LogP contribution in [0, 0.1) is 0 Å². The van der Waals surface area contributed by atoms with Crippen LogP contribution in [0.1, 0.15) is 47.6 Å². The van der Waals surface area contributed by atoms with Gasteiger partial charge < -0.3 is 24.8 Å². The summed E-state index contributed by atoms with van der Waals surface area (Å²) in [6.07, 6.45) is 0. The van der Waals surface area contributed by atoms with Crippen LogP contribution in [-0.4, -0.2) is 59.0 Å². The number of rotatable bonds is 7. The van der Waals surface area contributed by atoms with Gasteiger partial charge in [0.15, 0.2) is 11.5 Å². The van der Waals surface area contributed by atoms with E-state index in [0.29, 0.717) is 29.0 Å². The molecule has 176 valence electrons. The minimum atomic E-state index is -0.340. The van der Waals surface area contributed by atoms with Gasteiger partial charge in [0.1, 0.15) is 11.5 Å². The quantitative estimate of drug-likeness (QED) is 0.474. The van der Waals surface area contributed by atoms with Gasteiger partial charge >= 0.3 is 0 Å². The lowest BCUT2D eigenvalue weighted by atomic mass is 9.96. The monoisotopic (exact) mass is 471 g/mol. The van der Waals surface area contributed by atoms with Gasteiger partial charge in [0.25, 0.3) is 5.91 Å². The second-order valence-electron chi connectivity index (χ2n) is 8.33. The minimum absolute atomic E-state index is 0.0141. The average Bonchev–Trinajstić information content (AvgIpc) is 3.41. The topological polar surface area (TPSA) is 108 Å². The van der Waals surface area contributed by atoms with Crippen LogP contribution in [-0.2, 0) is 11.3 Å². The summed E-state index contributed by atoms with van der Waals surface area (Å²) in [7, 11) is 0. The molecule has 0 saturated carbocycles. The van der Waals surface area contributed by atoms with Crippen molar-refractivity contribution in [3.8, 4) is 33.3 Å². The van der Waals surface area contributed by atoms with Gasteiger partial charge in [0.05, 0.1) is 24.3 Å². The maximum atomic E-state index is 12.8. The van der Waals surface area contributed by atoms with Crippen LogP contribution in [0.2, 0.25) is 0 Å². The second kappa shape index (κ2) is 9.94. The molecule has 3 heterocycles. The van der Waals surface area contributed by atoms with E-state index in [1.54, 1.807) is 17.4 Å². The fourth-order valence-corrected chi connectivity index (χ4v) is 5.01. The molecule has 0 bridgehead atoms. The highest BCUT2D eigenvalue weighted by molar-refractivity contribution is 7.15. The Balaban J connectivity index is 1.78. The molecule has 1 aliphatic heterocycles. The predicted octanol–water partition coefficient (Wildman–Crippen LogP) is 4.19. The largest absolute Gasteiger partial charge is 0.508 e. The van der Waals surface area contributed by atoms with Crippen LogP contribution in [0.15, 0.2) is 28.8 Å². The van der Waals surface area contributed by atoms with Gasteiger partial charge in [0.2, 0.25) is 0 Å². The number of hydrogen-bond acceptors (Lipinski definition) is 8. The van der Waals surface area contributed by atoms with Gasteiger partial charge in [-0.15, -0.1) is 11.3 Å². The Morgan fingerprint density at radius 3 is 2.67 bits per heavy atom. The van der Waals surface area contributed by atoms with Crippen molar-refractivity contribution in [2.45, 2.75) is 33.2 Å². The van der Waals surface area contributed by atoms with Gasteiger partial charge in [-0.25, -0.2) is 0 Å². The number of carbonyl (C=O) groups excluding carboxylic acids is 1. The van der Waals surface area contributed by atoms with Crippen LogP contribution in [0.3, 0.4) is 0 Å². The van der Waals surface area contributed by atoms with Crippen LogP contribution in [0.4, 0.5) is 0 Å². The summed E-state index contributed by atoms with van der Waals surface area (Å²) in [6.45, 7) is 10.2. The van der Waals surface area contributed by atoms with E-state index >= 15 is 0 Å². The number of aromatic nitrogens is 1. The number of phenolic OH excluding ortho intramolecular Hbond substituents is 2. The summed E-state index contributed by atoms with van der Waals surface area (Å²) in [5.41, 5.74) is 1.77. The minimum Gasteiger partial charge on any atom is -0.508 e. The normalized spacial score (nSPS) is 14.7. The van der Waals surface area contributed by atoms with Crippen molar-refractivity contribution >= 4 is 17.2 Å². The number of phenols is 2. The lowest BCUT2D eigenvalue weighted by molar-refractivity contribution is 0.0346. The highest BCUT2D eigenvalue weighted by Crippen LogP contribution is 2.44. The van der Waals surface area contributed by atoms with E-state index in [1.807, 2.05) is 32.9 Å². The van der Waals surface area contributed by atoms with Crippen LogP contribution in [0.5, 0.6) is 11.5 Å².